The molecule has 1 aliphatic carbocycles. The zero-order chi connectivity index (χ0) is 23.0. The van der Waals surface area contributed by atoms with E-state index in [-0.39, 0.29) is 0 Å². The van der Waals surface area contributed by atoms with E-state index in [4.69, 9.17) is 11.6 Å². The Morgan fingerprint density at radius 1 is 0.970 bits per heavy atom. The van der Waals surface area contributed by atoms with Gasteiger partial charge in [-0.3, -0.25) is 0 Å². The molecule has 0 bridgehead atoms. The van der Waals surface area contributed by atoms with E-state index < -0.39 is 0 Å². The Hall–Kier alpha value is -3.31. The molecular formula is C28H35N5. The second-order valence-corrected chi connectivity index (χ2v) is 9.03. The van der Waals surface area contributed by atoms with E-state index >= 15 is 0 Å². The summed E-state index contributed by atoms with van der Waals surface area (Å²) < 4.78 is 0. The van der Waals surface area contributed by atoms with Crippen molar-refractivity contribution >= 4 is 11.5 Å². The van der Waals surface area contributed by atoms with Crippen LogP contribution in [0.2, 0.25) is 0 Å². The summed E-state index contributed by atoms with van der Waals surface area (Å²) in [5.74, 6) is 7.76. The highest BCUT2D eigenvalue weighted by Crippen LogP contribution is 2.27. The first-order valence-electron chi connectivity index (χ1n) is 11.9. The van der Waals surface area contributed by atoms with Crippen molar-refractivity contribution in [3.63, 3.8) is 0 Å². The van der Waals surface area contributed by atoms with Gasteiger partial charge in [0.05, 0.1) is 17.9 Å². The fourth-order valence-electron chi connectivity index (χ4n) is 4.63. The summed E-state index contributed by atoms with van der Waals surface area (Å²) in [4.78, 5) is 4.46. The summed E-state index contributed by atoms with van der Waals surface area (Å²) in [6.07, 6.45) is 9.84. The number of benzene rings is 2. The van der Waals surface area contributed by atoms with Gasteiger partial charge in [0.2, 0.25) is 0 Å². The fraction of sp³-hybridized carbons (Fsp3) is 0.321. The summed E-state index contributed by atoms with van der Waals surface area (Å²) >= 11 is 0. The minimum Gasteiger partial charge on any atom is -0.397 e. The van der Waals surface area contributed by atoms with Crippen molar-refractivity contribution in [3.8, 4) is 11.1 Å². The molecule has 5 N–H and O–H groups in total. The SMILES string of the molecule is CN(N)/C(CNc1cc(-c2ccccc2)ccn1)=C(\N)c1ccc(CC2CCCCC2)cc1. The number of nitrogens with one attached hydrogen (secondary N) is 1. The molecule has 0 amide bonds. The lowest BCUT2D eigenvalue weighted by molar-refractivity contribution is 0.356. The topological polar surface area (TPSA) is 80.2 Å². The summed E-state index contributed by atoms with van der Waals surface area (Å²) in [6, 6.07) is 23.0. The predicted molar refractivity (Wildman–Crippen MR) is 138 cm³/mol. The molecule has 2 aromatic carbocycles. The highest BCUT2D eigenvalue weighted by Gasteiger charge is 2.15. The molecule has 0 radical (unpaired) electrons. The number of hydrogen-bond acceptors (Lipinski definition) is 5. The Balaban J connectivity index is 1.45. The van der Waals surface area contributed by atoms with Crippen LogP contribution in [0.5, 0.6) is 0 Å². The number of pyridine rings is 1. The molecule has 5 nitrogen and oxygen atoms in total. The lowest BCUT2D eigenvalue weighted by atomic mass is 9.85. The number of likely N-dealkylation sites (N-methyl/N-ethyl adjacent to an activating group) is 1. The minimum atomic E-state index is 0.480. The fourth-order valence-corrected chi connectivity index (χ4v) is 4.63. The first-order chi connectivity index (χ1) is 16.1. The van der Waals surface area contributed by atoms with Crippen LogP contribution in [0, 0.1) is 5.92 Å². The van der Waals surface area contributed by atoms with E-state index in [0.29, 0.717) is 12.2 Å². The molecule has 1 aliphatic rings. The predicted octanol–water partition coefficient (Wildman–Crippen LogP) is 5.42. The second kappa shape index (κ2) is 11.0. The van der Waals surface area contributed by atoms with Crippen molar-refractivity contribution in [2.75, 3.05) is 18.9 Å². The van der Waals surface area contributed by atoms with Gasteiger partial charge in [0, 0.05) is 13.2 Å². The average Bonchev–Trinajstić information content (AvgIpc) is 2.86. The third kappa shape index (κ3) is 6.14. The molecule has 0 unspecified atom stereocenters. The van der Waals surface area contributed by atoms with Gasteiger partial charge in [-0.05, 0) is 46.7 Å². The van der Waals surface area contributed by atoms with Gasteiger partial charge in [-0.1, -0.05) is 86.7 Å². The van der Waals surface area contributed by atoms with Crippen LogP contribution in [-0.4, -0.2) is 23.6 Å². The molecule has 0 aliphatic heterocycles. The van der Waals surface area contributed by atoms with Gasteiger partial charge in [0.25, 0.3) is 0 Å². The Morgan fingerprint density at radius 3 is 2.39 bits per heavy atom. The van der Waals surface area contributed by atoms with Crippen LogP contribution in [0.15, 0.2) is 78.6 Å². The van der Waals surface area contributed by atoms with E-state index in [9.17, 15) is 0 Å². The van der Waals surface area contributed by atoms with Gasteiger partial charge in [-0.2, -0.15) is 0 Å². The number of nitrogens with two attached hydrogens (primary N) is 2. The summed E-state index contributed by atoms with van der Waals surface area (Å²) in [5, 5.41) is 4.96. The Kier molecular flexibility index (Phi) is 7.63. The van der Waals surface area contributed by atoms with Crippen LogP contribution in [0.4, 0.5) is 5.82 Å². The van der Waals surface area contributed by atoms with Crippen molar-refractivity contribution in [2.45, 2.75) is 38.5 Å². The average molecular weight is 442 g/mol. The quantitative estimate of drug-likeness (QED) is 0.321. The molecule has 1 aromatic heterocycles. The number of rotatable bonds is 8. The first-order valence-corrected chi connectivity index (χ1v) is 11.9. The molecule has 0 atom stereocenters. The molecule has 0 saturated heterocycles. The molecule has 1 saturated carbocycles. The zero-order valence-corrected chi connectivity index (χ0v) is 19.5. The van der Waals surface area contributed by atoms with Crippen LogP contribution in [0.1, 0.15) is 43.2 Å². The summed E-state index contributed by atoms with van der Waals surface area (Å²) in [7, 11) is 1.81. The molecule has 3 aromatic rings. The molecule has 4 rings (SSSR count). The van der Waals surface area contributed by atoms with Crippen molar-refractivity contribution in [1.29, 1.82) is 0 Å². The third-order valence-electron chi connectivity index (χ3n) is 6.55. The number of aromatic nitrogens is 1. The third-order valence-corrected chi connectivity index (χ3v) is 6.55. The van der Waals surface area contributed by atoms with Gasteiger partial charge in [-0.25, -0.2) is 10.8 Å². The Bertz CT molecular complexity index is 1050. The van der Waals surface area contributed by atoms with Crippen LogP contribution in [0.25, 0.3) is 16.8 Å². The van der Waals surface area contributed by atoms with Crippen LogP contribution in [-0.2, 0) is 6.42 Å². The smallest absolute Gasteiger partial charge is 0.126 e. The molecule has 1 heterocycles. The van der Waals surface area contributed by atoms with Crippen molar-refractivity contribution in [1.82, 2.24) is 9.99 Å². The molecular weight excluding hydrogens is 406 g/mol. The number of hydrazine groups is 1. The van der Waals surface area contributed by atoms with E-state index in [1.807, 2.05) is 43.6 Å². The Labute approximate surface area is 197 Å². The Morgan fingerprint density at radius 2 is 1.70 bits per heavy atom. The maximum atomic E-state index is 6.56. The van der Waals surface area contributed by atoms with E-state index in [1.54, 1.807) is 5.01 Å². The highest BCUT2D eigenvalue weighted by atomic mass is 15.4. The van der Waals surface area contributed by atoms with Gasteiger partial charge in [0.1, 0.15) is 5.82 Å². The minimum absolute atomic E-state index is 0.480. The van der Waals surface area contributed by atoms with Gasteiger partial charge in [-0.15, -0.1) is 0 Å². The maximum Gasteiger partial charge on any atom is 0.126 e. The van der Waals surface area contributed by atoms with Crippen LogP contribution < -0.4 is 16.9 Å². The standard InChI is InChI=1S/C28H35N5/c1-33(30)26(20-32-27-19-25(16-17-31-27)23-10-6-3-7-11-23)28(29)24-14-12-22(13-15-24)18-21-8-4-2-5-9-21/h3,6-7,10-17,19,21H,2,4-5,8-9,18,20,29-30H2,1H3,(H,31,32)/b28-26-. The highest BCUT2D eigenvalue weighted by molar-refractivity contribution is 5.68. The molecule has 1 fully saturated rings. The van der Waals surface area contributed by atoms with Gasteiger partial charge < -0.3 is 16.1 Å². The summed E-state index contributed by atoms with van der Waals surface area (Å²) in [6.45, 7) is 0.480. The van der Waals surface area contributed by atoms with E-state index in [1.165, 1.54) is 44.1 Å². The number of anilines is 1. The van der Waals surface area contributed by atoms with Gasteiger partial charge in [0.15, 0.2) is 0 Å². The molecule has 33 heavy (non-hydrogen) atoms. The largest absolute Gasteiger partial charge is 0.397 e. The maximum absolute atomic E-state index is 6.56. The normalized spacial score (nSPS) is 15.1. The molecule has 5 heteroatoms. The first kappa shape index (κ1) is 22.9. The zero-order valence-electron chi connectivity index (χ0n) is 19.5. The monoisotopic (exact) mass is 441 g/mol. The lowest BCUT2D eigenvalue weighted by Crippen LogP contribution is -2.31. The molecule has 172 valence electrons. The number of nitrogens with zero attached hydrogens (tertiary/aromatic N) is 2. The van der Waals surface area contributed by atoms with Crippen molar-refractivity contribution in [2.24, 2.45) is 17.5 Å². The van der Waals surface area contributed by atoms with Crippen molar-refractivity contribution < 1.29 is 0 Å². The van der Waals surface area contributed by atoms with Crippen molar-refractivity contribution in [3.05, 3.63) is 89.8 Å². The van der Waals surface area contributed by atoms with Gasteiger partial charge >= 0.3 is 0 Å². The van der Waals surface area contributed by atoms with Crippen LogP contribution >= 0.6 is 0 Å². The number of hydrogen-bond donors (Lipinski definition) is 3. The second-order valence-electron chi connectivity index (χ2n) is 9.03. The molecule has 0 spiro atoms. The van der Waals surface area contributed by atoms with Crippen LogP contribution in [0.3, 0.4) is 0 Å². The summed E-state index contributed by atoms with van der Waals surface area (Å²) in [5.41, 5.74) is 12.7. The lowest BCUT2D eigenvalue weighted by Gasteiger charge is -2.22. The van der Waals surface area contributed by atoms with E-state index in [0.717, 1.165) is 34.1 Å². The van der Waals surface area contributed by atoms with E-state index in [2.05, 4.69) is 46.7 Å².